The number of benzene rings is 2. The van der Waals surface area contributed by atoms with Crippen molar-refractivity contribution in [3.8, 4) is 0 Å². The molecule has 0 amide bonds. The van der Waals surface area contributed by atoms with Gasteiger partial charge in [-0.25, -0.2) is 4.39 Å². The first-order valence-electron chi connectivity index (χ1n) is 7.22. The van der Waals surface area contributed by atoms with Crippen molar-refractivity contribution in [3.63, 3.8) is 0 Å². The van der Waals surface area contributed by atoms with Gasteiger partial charge < -0.3 is 5.32 Å². The predicted octanol–water partition coefficient (Wildman–Crippen LogP) is 4.93. The Morgan fingerprint density at radius 1 is 1.14 bits per heavy atom. The largest absolute Gasteiger partial charge is 0.310 e. The van der Waals surface area contributed by atoms with Crippen molar-refractivity contribution in [2.45, 2.75) is 19.4 Å². The fourth-order valence-corrected chi connectivity index (χ4v) is 3.72. The van der Waals surface area contributed by atoms with E-state index in [1.165, 1.54) is 21.7 Å². The summed E-state index contributed by atoms with van der Waals surface area (Å²) in [6.07, 6.45) is 0.798. The Hall–Kier alpha value is -1.71. The van der Waals surface area contributed by atoms with Crippen molar-refractivity contribution in [1.29, 1.82) is 0 Å². The van der Waals surface area contributed by atoms with Crippen LogP contribution >= 0.6 is 11.3 Å². The zero-order valence-electron chi connectivity index (χ0n) is 12.0. The number of hydrogen-bond acceptors (Lipinski definition) is 2. The van der Waals surface area contributed by atoms with Crippen molar-refractivity contribution in [2.75, 3.05) is 6.54 Å². The van der Waals surface area contributed by atoms with E-state index in [9.17, 15) is 4.39 Å². The maximum atomic E-state index is 13.4. The summed E-state index contributed by atoms with van der Waals surface area (Å²) in [5.74, 6) is -0.169. The highest BCUT2D eigenvalue weighted by Crippen LogP contribution is 2.31. The van der Waals surface area contributed by atoms with Gasteiger partial charge in [-0.1, -0.05) is 37.3 Å². The molecule has 3 aromatic rings. The summed E-state index contributed by atoms with van der Waals surface area (Å²) >= 11 is 1.77. The van der Waals surface area contributed by atoms with Crippen molar-refractivity contribution in [2.24, 2.45) is 0 Å². The minimum Gasteiger partial charge on any atom is -0.310 e. The Labute approximate surface area is 128 Å². The average molecular weight is 299 g/mol. The quantitative estimate of drug-likeness (QED) is 0.704. The lowest BCUT2D eigenvalue weighted by atomic mass is 9.98. The van der Waals surface area contributed by atoms with Gasteiger partial charge in [-0.05, 0) is 53.1 Å². The molecule has 0 fully saturated rings. The molecule has 0 bridgehead atoms. The lowest BCUT2D eigenvalue weighted by molar-refractivity contribution is 0.551. The van der Waals surface area contributed by atoms with E-state index in [0.717, 1.165) is 18.5 Å². The fourth-order valence-electron chi connectivity index (χ4n) is 2.71. The van der Waals surface area contributed by atoms with Crippen LogP contribution in [0.4, 0.5) is 4.39 Å². The maximum Gasteiger partial charge on any atom is 0.123 e. The standard InChI is InChI=1S/C18H18FNS/c1-2-20-17(11-13-6-5-7-14(19)10-13)16-12-21-18-9-4-3-8-15(16)18/h3-10,12,17,20H,2,11H2,1H3. The van der Waals surface area contributed by atoms with Gasteiger partial charge in [0.25, 0.3) is 0 Å². The van der Waals surface area contributed by atoms with Crippen molar-refractivity contribution < 1.29 is 4.39 Å². The van der Waals surface area contributed by atoms with Gasteiger partial charge in [0, 0.05) is 10.7 Å². The molecule has 1 atom stereocenters. The van der Waals surface area contributed by atoms with Gasteiger partial charge in [0.1, 0.15) is 5.82 Å². The van der Waals surface area contributed by atoms with E-state index < -0.39 is 0 Å². The summed E-state index contributed by atoms with van der Waals surface area (Å²) in [7, 11) is 0. The Morgan fingerprint density at radius 3 is 2.81 bits per heavy atom. The van der Waals surface area contributed by atoms with Crippen LogP contribution in [0.3, 0.4) is 0 Å². The molecule has 1 N–H and O–H groups in total. The van der Waals surface area contributed by atoms with E-state index in [4.69, 9.17) is 0 Å². The van der Waals surface area contributed by atoms with Gasteiger partial charge in [0.15, 0.2) is 0 Å². The molecule has 0 aliphatic carbocycles. The maximum absolute atomic E-state index is 13.4. The lowest BCUT2D eigenvalue weighted by Crippen LogP contribution is -2.22. The van der Waals surface area contributed by atoms with Crippen LogP contribution in [0.5, 0.6) is 0 Å². The molecular formula is C18H18FNS. The number of likely N-dealkylation sites (N-methyl/N-ethyl adjacent to an activating group) is 1. The highest BCUT2D eigenvalue weighted by molar-refractivity contribution is 7.17. The van der Waals surface area contributed by atoms with Gasteiger partial charge >= 0.3 is 0 Å². The number of thiophene rings is 1. The molecule has 2 aromatic carbocycles. The zero-order chi connectivity index (χ0) is 14.7. The Bertz CT molecular complexity index is 735. The van der Waals surface area contributed by atoms with E-state index >= 15 is 0 Å². The summed E-state index contributed by atoms with van der Waals surface area (Å²) in [6.45, 7) is 3.00. The van der Waals surface area contributed by atoms with Crippen LogP contribution in [0.1, 0.15) is 24.1 Å². The van der Waals surface area contributed by atoms with Crippen LogP contribution in [0.2, 0.25) is 0 Å². The molecule has 0 saturated heterocycles. The molecule has 1 heterocycles. The van der Waals surface area contributed by atoms with Crippen LogP contribution in [0, 0.1) is 5.82 Å². The molecule has 0 saturated carbocycles. The van der Waals surface area contributed by atoms with Crippen LogP contribution in [0.15, 0.2) is 53.9 Å². The second-order valence-corrected chi connectivity index (χ2v) is 6.04. The minimum atomic E-state index is -0.169. The second kappa shape index (κ2) is 6.37. The summed E-state index contributed by atoms with van der Waals surface area (Å²) in [5, 5.41) is 7.05. The van der Waals surface area contributed by atoms with E-state index in [0.29, 0.717) is 0 Å². The number of fused-ring (bicyclic) bond motifs is 1. The smallest absolute Gasteiger partial charge is 0.123 e. The molecule has 3 heteroatoms. The molecule has 1 unspecified atom stereocenters. The lowest BCUT2D eigenvalue weighted by Gasteiger charge is -2.18. The van der Waals surface area contributed by atoms with Gasteiger partial charge in [0.2, 0.25) is 0 Å². The summed E-state index contributed by atoms with van der Waals surface area (Å²) in [5.41, 5.74) is 2.33. The van der Waals surface area contributed by atoms with Gasteiger partial charge in [0.05, 0.1) is 0 Å². The highest BCUT2D eigenvalue weighted by Gasteiger charge is 2.15. The SMILES string of the molecule is CCNC(Cc1cccc(F)c1)c1csc2ccccc12. The first-order valence-corrected chi connectivity index (χ1v) is 8.10. The Balaban J connectivity index is 1.94. The van der Waals surface area contributed by atoms with Gasteiger partial charge in [-0.15, -0.1) is 11.3 Å². The van der Waals surface area contributed by atoms with Gasteiger partial charge in [-0.3, -0.25) is 0 Å². The third-order valence-corrected chi connectivity index (χ3v) is 4.65. The number of halogens is 1. The Morgan fingerprint density at radius 2 is 2.00 bits per heavy atom. The third kappa shape index (κ3) is 3.14. The molecular weight excluding hydrogens is 281 g/mol. The van der Waals surface area contributed by atoms with Crippen LogP contribution in [-0.4, -0.2) is 6.54 Å². The predicted molar refractivity (Wildman–Crippen MR) is 88.3 cm³/mol. The summed E-state index contributed by atoms with van der Waals surface area (Å²) < 4.78 is 14.7. The van der Waals surface area contributed by atoms with Crippen LogP contribution in [-0.2, 0) is 6.42 Å². The van der Waals surface area contributed by atoms with E-state index in [-0.39, 0.29) is 11.9 Å². The molecule has 0 aliphatic rings. The number of nitrogens with one attached hydrogen (secondary N) is 1. The normalized spacial score (nSPS) is 12.7. The van der Waals surface area contributed by atoms with Gasteiger partial charge in [-0.2, -0.15) is 0 Å². The van der Waals surface area contributed by atoms with E-state index in [2.05, 4.69) is 41.9 Å². The molecule has 1 aromatic heterocycles. The fraction of sp³-hybridized carbons (Fsp3) is 0.222. The molecule has 108 valence electrons. The first kappa shape index (κ1) is 14.2. The molecule has 3 rings (SSSR count). The second-order valence-electron chi connectivity index (χ2n) is 5.13. The van der Waals surface area contributed by atoms with E-state index in [1.807, 2.05) is 6.07 Å². The number of hydrogen-bond donors (Lipinski definition) is 1. The van der Waals surface area contributed by atoms with Crippen LogP contribution < -0.4 is 5.32 Å². The topological polar surface area (TPSA) is 12.0 Å². The summed E-state index contributed by atoms with van der Waals surface area (Å²) in [4.78, 5) is 0. The van der Waals surface area contributed by atoms with Crippen molar-refractivity contribution in [3.05, 3.63) is 70.9 Å². The molecule has 0 radical (unpaired) electrons. The third-order valence-electron chi connectivity index (χ3n) is 3.67. The first-order chi connectivity index (χ1) is 10.3. The zero-order valence-corrected chi connectivity index (χ0v) is 12.8. The molecule has 1 nitrogen and oxygen atoms in total. The Kier molecular flexibility index (Phi) is 4.32. The van der Waals surface area contributed by atoms with Crippen LogP contribution in [0.25, 0.3) is 10.1 Å². The molecule has 0 aliphatic heterocycles. The molecule has 21 heavy (non-hydrogen) atoms. The minimum absolute atomic E-state index is 0.169. The summed E-state index contributed by atoms with van der Waals surface area (Å²) in [6, 6.07) is 15.5. The average Bonchev–Trinajstić information content (AvgIpc) is 2.91. The monoisotopic (exact) mass is 299 g/mol. The van der Waals surface area contributed by atoms with Crippen molar-refractivity contribution in [1.82, 2.24) is 5.32 Å². The highest BCUT2D eigenvalue weighted by atomic mass is 32.1. The van der Waals surface area contributed by atoms with Crippen molar-refractivity contribution >= 4 is 21.4 Å². The van der Waals surface area contributed by atoms with E-state index in [1.54, 1.807) is 23.5 Å². The molecule has 0 spiro atoms. The number of rotatable bonds is 5.